The summed E-state index contributed by atoms with van der Waals surface area (Å²) in [5, 5.41) is 12.9. The van der Waals surface area contributed by atoms with E-state index in [1.807, 2.05) is 18.2 Å². The molecule has 4 heteroatoms. The van der Waals surface area contributed by atoms with Crippen LogP contribution in [0.25, 0.3) is 0 Å². The molecule has 0 aliphatic carbocycles. The lowest BCUT2D eigenvalue weighted by Gasteiger charge is -2.40. The van der Waals surface area contributed by atoms with Crippen molar-refractivity contribution in [2.45, 2.75) is 32.2 Å². The van der Waals surface area contributed by atoms with Crippen molar-refractivity contribution in [3.63, 3.8) is 0 Å². The predicted octanol–water partition coefficient (Wildman–Crippen LogP) is 2.36. The number of nitrogens with zero attached hydrogens (tertiary/aromatic N) is 1. The van der Waals surface area contributed by atoms with Crippen LogP contribution in [-0.2, 0) is 4.79 Å². The van der Waals surface area contributed by atoms with Gasteiger partial charge in [-0.2, -0.15) is 0 Å². The Hall–Kier alpha value is -1.55. The topological polar surface area (TPSA) is 52.6 Å². The third-order valence-corrected chi connectivity index (χ3v) is 4.00. The van der Waals surface area contributed by atoms with E-state index in [1.54, 1.807) is 0 Å². The number of benzene rings is 1. The van der Waals surface area contributed by atoms with Crippen molar-refractivity contribution in [2.24, 2.45) is 5.92 Å². The van der Waals surface area contributed by atoms with Crippen molar-refractivity contribution in [3.05, 3.63) is 30.3 Å². The highest BCUT2D eigenvalue weighted by atomic mass is 16.4. The van der Waals surface area contributed by atoms with E-state index in [9.17, 15) is 9.90 Å². The quantitative estimate of drug-likeness (QED) is 0.867. The van der Waals surface area contributed by atoms with E-state index >= 15 is 0 Å². The number of nitrogens with one attached hydrogen (secondary N) is 1. The fraction of sp³-hybridized carbons (Fsp3) is 0.562. The average Bonchev–Trinajstić information content (AvgIpc) is 2.46. The standard InChI is InChI=1S/C16H24N2O2/c1-13(2)12-17-16(15(19)20)8-10-18(11-9-16)14-6-4-3-5-7-14/h3-7,13,17H,8-12H2,1-2H3,(H,19,20). The molecule has 0 amide bonds. The summed E-state index contributed by atoms with van der Waals surface area (Å²) in [6.45, 7) is 6.50. The van der Waals surface area contributed by atoms with Gasteiger partial charge in [0.15, 0.2) is 0 Å². The van der Waals surface area contributed by atoms with E-state index in [2.05, 4.69) is 36.2 Å². The van der Waals surface area contributed by atoms with Gasteiger partial charge in [0.05, 0.1) is 0 Å². The zero-order chi connectivity index (χ0) is 14.6. The van der Waals surface area contributed by atoms with Crippen LogP contribution in [0.5, 0.6) is 0 Å². The third-order valence-electron chi connectivity index (χ3n) is 4.00. The number of carboxylic acids is 1. The molecule has 0 atom stereocenters. The van der Waals surface area contributed by atoms with E-state index < -0.39 is 11.5 Å². The minimum absolute atomic E-state index is 0.457. The zero-order valence-corrected chi connectivity index (χ0v) is 12.3. The van der Waals surface area contributed by atoms with E-state index in [4.69, 9.17) is 0 Å². The van der Waals surface area contributed by atoms with Crippen LogP contribution < -0.4 is 10.2 Å². The molecule has 0 radical (unpaired) electrons. The van der Waals surface area contributed by atoms with Crippen molar-refractivity contribution >= 4 is 11.7 Å². The highest BCUT2D eigenvalue weighted by molar-refractivity contribution is 5.79. The van der Waals surface area contributed by atoms with Gasteiger partial charge < -0.3 is 15.3 Å². The summed E-state index contributed by atoms with van der Waals surface area (Å²) >= 11 is 0. The lowest BCUT2D eigenvalue weighted by molar-refractivity contribution is -0.146. The number of carbonyl (C=O) groups is 1. The summed E-state index contributed by atoms with van der Waals surface area (Å²) in [6, 6.07) is 10.2. The van der Waals surface area contributed by atoms with E-state index in [0.29, 0.717) is 18.8 Å². The molecule has 1 aliphatic rings. The molecule has 2 rings (SSSR count). The van der Waals surface area contributed by atoms with E-state index in [-0.39, 0.29) is 0 Å². The summed E-state index contributed by atoms with van der Waals surface area (Å²) < 4.78 is 0. The van der Waals surface area contributed by atoms with Gasteiger partial charge in [0.2, 0.25) is 0 Å². The van der Waals surface area contributed by atoms with Gasteiger partial charge in [-0.15, -0.1) is 0 Å². The van der Waals surface area contributed by atoms with Crippen molar-refractivity contribution in [2.75, 3.05) is 24.5 Å². The van der Waals surface area contributed by atoms with E-state index in [0.717, 1.165) is 19.6 Å². The van der Waals surface area contributed by atoms with E-state index in [1.165, 1.54) is 5.69 Å². The molecule has 1 fully saturated rings. The first-order valence-electron chi connectivity index (χ1n) is 7.32. The Kier molecular flexibility index (Phi) is 4.65. The third kappa shape index (κ3) is 3.31. The summed E-state index contributed by atoms with van der Waals surface area (Å²) in [5.41, 5.74) is 0.422. The lowest BCUT2D eigenvalue weighted by atomic mass is 9.86. The average molecular weight is 276 g/mol. The van der Waals surface area contributed by atoms with Gasteiger partial charge in [-0.3, -0.25) is 4.79 Å². The Bertz CT molecular complexity index is 437. The maximum Gasteiger partial charge on any atom is 0.324 e. The van der Waals surface area contributed by atoms with Crippen molar-refractivity contribution in [1.29, 1.82) is 0 Å². The molecule has 1 saturated heterocycles. The number of carboxylic acid groups (broad SMARTS) is 1. The molecule has 0 saturated carbocycles. The largest absolute Gasteiger partial charge is 0.480 e. The summed E-state index contributed by atoms with van der Waals surface area (Å²) in [4.78, 5) is 13.9. The maximum absolute atomic E-state index is 11.7. The zero-order valence-electron chi connectivity index (χ0n) is 12.3. The Balaban J connectivity index is 2.01. The Morgan fingerprint density at radius 2 is 1.90 bits per heavy atom. The minimum atomic E-state index is -0.754. The fourth-order valence-corrected chi connectivity index (χ4v) is 2.65. The van der Waals surface area contributed by atoms with Crippen LogP contribution in [0.4, 0.5) is 5.69 Å². The number of anilines is 1. The predicted molar refractivity (Wildman–Crippen MR) is 81.1 cm³/mol. The second-order valence-corrected chi connectivity index (χ2v) is 5.98. The number of hydrogen-bond donors (Lipinski definition) is 2. The van der Waals surface area contributed by atoms with Gasteiger partial charge in [-0.05, 0) is 37.4 Å². The first-order valence-corrected chi connectivity index (χ1v) is 7.32. The molecule has 1 aliphatic heterocycles. The second-order valence-electron chi connectivity index (χ2n) is 5.98. The molecule has 0 unspecified atom stereocenters. The van der Waals surface area contributed by atoms with Gasteiger partial charge in [0.25, 0.3) is 0 Å². The number of para-hydroxylation sites is 1. The number of hydrogen-bond acceptors (Lipinski definition) is 3. The summed E-state index contributed by atoms with van der Waals surface area (Å²) in [6.07, 6.45) is 1.29. The molecule has 0 bridgehead atoms. The van der Waals surface area contributed by atoms with Crippen LogP contribution in [0.3, 0.4) is 0 Å². The molecule has 20 heavy (non-hydrogen) atoms. The fourth-order valence-electron chi connectivity index (χ4n) is 2.65. The van der Waals surface area contributed by atoms with Crippen LogP contribution in [0.2, 0.25) is 0 Å². The van der Waals surface area contributed by atoms with Crippen LogP contribution in [0, 0.1) is 5.92 Å². The highest BCUT2D eigenvalue weighted by Crippen LogP contribution is 2.26. The maximum atomic E-state index is 11.7. The van der Waals surface area contributed by atoms with Crippen molar-refractivity contribution < 1.29 is 9.90 Å². The molecule has 4 nitrogen and oxygen atoms in total. The molecule has 1 aromatic rings. The van der Waals surface area contributed by atoms with Crippen LogP contribution >= 0.6 is 0 Å². The molecule has 0 spiro atoms. The first-order chi connectivity index (χ1) is 9.53. The van der Waals surface area contributed by atoms with Gasteiger partial charge in [-0.1, -0.05) is 32.0 Å². The van der Waals surface area contributed by atoms with Gasteiger partial charge >= 0.3 is 5.97 Å². The molecular weight excluding hydrogens is 252 g/mol. The number of piperidine rings is 1. The number of rotatable bonds is 5. The molecular formula is C16H24N2O2. The monoisotopic (exact) mass is 276 g/mol. The SMILES string of the molecule is CC(C)CNC1(C(=O)O)CCN(c2ccccc2)CC1. The summed E-state index contributed by atoms with van der Waals surface area (Å²) in [7, 11) is 0. The molecule has 1 aromatic carbocycles. The van der Waals surface area contributed by atoms with Gasteiger partial charge in [-0.25, -0.2) is 0 Å². The van der Waals surface area contributed by atoms with Crippen LogP contribution in [0.1, 0.15) is 26.7 Å². The van der Waals surface area contributed by atoms with Crippen molar-refractivity contribution in [1.82, 2.24) is 5.32 Å². The molecule has 1 heterocycles. The lowest BCUT2D eigenvalue weighted by Crippen LogP contribution is -2.59. The Morgan fingerprint density at radius 1 is 1.30 bits per heavy atom. The normalized spacial score (nSPS) is 18.2. The molecule has 0 aromatic heterocycles. The Morgan fingerprint density at radius 3 is 2.40 bits per heavy atom. The second kappa shape index (κ2) is 6.27. The first kappa shape index (κ1) is 14.9. The smallest absolute Gasteiger partial charge is 0.324 e. The summed E-state index contributed by atoms with van der Waals surface area (Å²) in [5.74, 6) is -0.260. The highest BCUT2D eigenvalue weighted by Gasteiger charge is 2.41. The van der Waals surface area contributed by atoms with Gasteiger partial charge in [0, 0.05) is 18.8 Å². The molecule has 2 N–H and O–H groups in total. The van der Waals surface area contributed by atoms with Crippen LogP contribution in [-0.4, -0.2) is 36.2 Å². The van der Waals surface area contributed by atoms with Crippen LogP contribution in [0.15, 0.2) is 30.3 Å². The van der Waals surface area contributed by atoms with Gasteiger partial charge in [0.1, 0.15) is 5.54 Å². The Labute approximate surface area is 120 Å². The van der Waals surface area contributed by atoms with Crippen molar-refractivity contribution in [3.8, 4) is 0 Å². The number of aliphatic carboxylic acids is 1. The minimum Gasteiger partial charge on any atom is -0.480 e. The molecule has 110 valence electrons.